The zero-order chi connectivity index (χ0) is 36.4. The summed E-state index contributed by atoms with van der Waals surface area (Å²) in [6.45, 7) is 0. The summed E-state index contributed by atoms with van der Waals surface area (Å²) >= 11 is 20.3. The van der Waals surface area contributed by atoms with Crippen LogP contribution in [0.4, 0.5) is 33.3 Å². The number of amides is 4. The first-order chi connectivity index (χ1) is 23.5. The van der Waals surface area contributed by atoms with Crippen molar-refractivity contribution in [1.29, 1.82) is 0 Å². The lowest BCUT2D eigenvalue weighted by molar-refractivity contribution is -0.125. The van der Waals surface area contributed by atoms with Gasteiger partial charge in [0, 0.05) is 16.5 Å². The normalized spacial score (nSPS) is 28.8. The average molecular weight is 756 g/mol. The van der Waals surface area contributed by atoms with E-state index in [4.69, 9.17) is 34.8 Å². The topological polar surface area (TPSA) is 132 Å². The number of fused-ring (bicyclic) bond motifs is 4. The van der Waals surface area contributed by atoms with E-state index in [0.717, 1.165) is 23.1 Å². The molecule has 7 rings (SSSR count). The zero-order valence-electron chi connectivity index (χ0n) is 24.7. The largest absolute Gasteiger partial charge is 0.508 e. The smallest absolute Gasteiger partial charge is 0.335 e. The number of carboxylic acids is 1. The highest BCUT2D eigenvalue weighted by atomic mass is 35.5. The molecule has 258 valence electrons. The van der Waals surface area contributed by atoms with Crippen LogP contribution in [0.2, 0.25) is 5.02 Å². The quantitative estimate of drug-likeness (QED) is 0.0809. The molecule has 50 heavy (non-hydrogen) atoms. The molecule has 9 nitrogen and oxygen atoms in total. The van der Waals surface area contributed by atoms with Gasteiger partial charge in [0.1, 0.15) is 11.4 Å². The number of imide groups is 2. The maximum absolute atomic E-state index is 15.2. The van der Waals surface area contributed by atoms with Gasteiger partial charge < -0.3 is 10.2 Å². The number of phenolic OH excluding ortho intramolecular Hbond substituents is 1. The molecule has 0 bridgehead atoms. The van der Waals surface area contributed by atoms with Crippen molar-refractivity contribution in [3.05, 3.63) is 99.3 Å². The first-order valence-electron chi connectivity index (χ1n) is 14.6. The van der Waals surface area contributed by atoms with Crippen molar-refractivity contribution in [1.82, 2.24) is 0 Å². The second-order valence-corrected chi connectivity index (χ2v) is 13.9. The Labute approximate surface area is 292 Å². The highest BCUT2D eigenvalue weighted by Gasteiger charge is 2.77. The molecule has 2 N–H and O–H groups in total. The second-order valence-electron chi connectivity index (χ2n) is 12.3. The molecule has 3 fully saturated rings. The predicted molar refractivity (Wildman–Crippen MR) is 165 cm³/mol. The van der Waals surface area contributed by atoms with Crippen LogP contribution >= 0.6 is 34.8 Å². The number of aromatic hydroxyl groups is 1. The Morgan fingerprint density at radius 1 is 0.820 bits per heavy atom. The number of carbonyl (C=O) groups is 5. The molecule has 2 aliphatic heterocycles. The van der Waals surface area contributed by atoms with Crippen LogP contribution in [0.3, 0.4) is 0 Å². The summed E-state index contributed by atoms with van der Waals surface area (Å²) < 4.78 is 73.1. The number of phenols is 1. The molecule has 0 spiro atoms. The van der Waals surface area contributed by atoms with E-state index in [0.29, 0.717) is 0 Å². The molecule has 4 aliphatic rings. The average Bonchev–Trinajstić information content (AvgIpc) is 3.42. The Balaban J connectivity index is 1.43. The first kappa shape index (κ1) is 33.9. The number of rotatable bonds is 4. The molecule has 2 heterocycles. The van der Waals surface area contributed by atoms with Crippen LogP contribution in [0, 0.1) is 46.8 Å². The van der Waals surface area contributed by atoms with Crippen molar-refractivity contribution in [2.45, 2.75) is 28.5 Å². The van der Waals surface area contributed by atoms with E-state index in [9.17, 15) is 47.4 Å². The fraction of sp³-hybridized carbons (Fsp3) is 0.242. The Morgan fingerprint density at radius 2 is 1.46 bits per heavy atom. The predicted octanol–water partition coefficient (Wildman–Crippen LogP) is 6.21. The van der Waals surface area contributed by atoms with Crippen LogP contribution in [0.5, 0.6) is 5.75 Å². The number of nitrogens with zero attached hydrogens (tertiary/aromatic N) is 2. The third-order valence-corrected chi connectivity index (χ3v) is 11.5. The van der Waals surface area contributed by atoms with Gasteiger partial charge in [-0.1, -0.05) is 29.3 Å². The van der Waals surface area contributed by atoms with Gasteiger partial charge >= 0.3 is 5.97 Å². The lowest BCUT2D eigenvalue weighted by atomic mass is 9.56. The third kappa shape index (κ3) is 4.27. The van der Waals surface area contributed by atoms with E-state index in [1.165, 1.54) is 30.3 Å². The highest BCUT2D eigenvalue weighted by Crippen LogP contribution is 2.67. The SMILES string of the molecule is O=C(O)c1cccc(N2C(=O)[C@H]3[C@H](CC=C4[C@H]3C[C@@]3(Cl)C(=O)N(c5c(F)c(F)c(F)c(F)c5F)C(=O)[C@@]3(Cl)[C@H]4c3cc(Cl)ccc3O)C2=O)c1. The summed E-state index contributed by atoms with van der Waals surface area (Å²) in [6.07, 6.45) is 0.514. The maximum atomic E-state index is 15.2. The van der Waals surface area contributed by atoms with E-state index >= 15 is 8.78 Å². The number of allylic oxidation sites excluding steroid dienone is 2. The fourth-order valence-corrected chi connectivity index (χ4v) is 8.81. The molecule has 2 saturated heterocycles. The van der Waals surface area contributed by atoms with Crippen LogP contribution in [0.15, 0.2) is 54.1 Å². The van der Waals surface area contributed by atoms with Gasteiger partial charge in [0.25, 0.3) is 11.8 Å². The highest BCUT2D eigenvalue weighted by molar-refractivity contribution is 6.58. The van der Waals surface area contributed by atoms with Gasteiger partial charge in [0.2, 0.25) is 17.6 Å². The van der Waals surface area contributed by atoms with Crippen LogP contribution in [-0.2, 0) is 19.2 Å². The summed E-state index contributed by atoms with van der Waals surface area (Å²) in [7, 11) is 0. The molecule has 0 radical (unpaired) electrons. The maximum Gasteiger partial charge on any atom is 0.335 e. The minimum Gasteiger partial charge on any atom is -0.508 e. The molecule has 3 aromatic rings. The lowest BCUT2D eigenvalue weighted by Crippen LogP contribution is -2.60. The number of carboxylic acid groups (broad SMARTS) is 1. The molecule has 6 atom stereocenters. The summed E-state index contributed by atoms with van der Waals surface area (Å²) in [5.41, 5.74) is -2.40. The Bertz CT molecular complexity index is 2140. The molecule has 2 aliphatic carbocycles. The first-order valence-corrected chi connectivity index (χ1v) is 15.8. The van der Waals surface area contributed by atoms with E-state index in [1.54, 1.807) is 0 Å². The molecule has 0 unspecified atom stereocenters. The molecule has 1 saturated carbocycles. The van der Waals surface area contributed by atoms with Crippen LogP contribution in [0.1, 0.15) is 34.7 Å². The van der Waals surface area contributed by atoms with Crippen molar-refractivity contribution in [3.8, 4) is 5.75 Å². The van der Waals surface area contributed by atoms with Crippen molar-refractivity contribution in [2.75, 3.05) is 9.80 Å². The number of halogens is 8. The molecule has 0 aromatic heterocycles. The van der Waals surface area contributed by atoms with E-state index in [1.807, 2.05) is 0 Å². The zero-order valence-corrected chi connectivity index (χ0v) is 27.0. The summed E-state index contributed by atoms with van der Waals surface area (Å²) in [5.74, 6) is -24.8. The lowest BCUT2D eigenvalue weighted by Gasteiger charge is -2.50. The number of alkyl halides is 2. The molecule has 3 aromatic carbocycles. The van der Waals surface area contributed by atoms with Crippen molar-refractivity contribution in [3.63, 3.8) is 0 Å². The third-order valence-electron chi connectivity index (χ3n) is 9.87. The van der Waals surface area contributed by atoms with Crippen molar-refractivity contribution < 1.29 is 56.1 Å². The standard InChI is InChI=1S/C33H18Cl3F5N2O7/c34-12-4-7-18(44)16(9-12)20-14-5-6-15-19(28(46)42(27(15)45)13-3-1-2-11(8-13)29(47)48)17(14)10-32(35)30(49)43(31(50)33(20,32)36)26-24(40)22(38)21(37)23(39)25(26)41/h1-5,7-9,15,17,19-20,44H,6,10H2,(H,47,48)/t15-,17+,19-,20+,32+,33-/m0/s1. The Kier molecular flexibility index (Phi) is 7.63. The van der Waals surface area contributed by atoms with Gasteiger partial charge in [0.05, 0.1) is 23.1 Å². The number of carbonyl (C=O) groups excluding carboxylic acids is 4. The van der Waals surface area contributed by atoms with Gasteiger partial charge in [0.15, 0.2) is 33.0 Å². The fourth-order valence-electron chi connectivity index (χ4n) is 7.70. The van der Waals surface area contributed by atoms with Gasteiger partial charge in [-0.2, -0.15) is 0 Å². The van der Waals surface area contributed by atoms with E-state index in [-0.39, 0.29) is 38.7 Å². The summed E-state index contributed by atoms with van der Waals surface area (Å²) in [4.78, 5) is 62.9. The molecule has 4 amide bonds. The van der Waals surface area contributed by atoms with Gasteiger partial charge in [-0.05, 0) is 55.2 Å². The van der Waals surface area contributed by atoms with Crippen LogP contribution in [0.25, 0.3) is 0 Å². The molecule has 17 heteroatoms. The van der Waals surface area contributed by atoms with Crippen LogP contribution < -0.4 is 9.80 Å². The van der Waals surface area contributed by atoms with Crippen LogP contribution in [-0.4, -0.2) is 49.6 Å². The number of anilines is 2. The molecular formula is C33H18Cl3F5N2O7. The Morgan fingerprint density at radius 3 is 2.10 bits per heavy atom. The second kappa shape index (κ2) is 11.2. The summed E-state index contributed by atoms with van der Waals surface area (Å²) in [6, 6.07) is 8.50. The Hall–Kier alpha value is -4.53. The minimum atomic E-state index is -2.84. The number of aromatic carboxylic acids is 1. The van der Waals surface area contributed by atoms with Gasteiger partial charge in [-0.15, -0.1) is 23.2 Å². The van der Waals surface area contributed by atoms with E-state index in [2.05, 4.69) is 0 Å². The van der Waals surface area contributed by atoms with Crippen molar-refractivity contribution in [2.24, 2.45) is 17.8 Å². The minimum absolute atomic E-state index is 0.0281. The van der Waals surface area contributed by atoms with E-state index < -0.39 is 110 Å². The van der Waals surface area contributed by atoms with Gasteiger partial charge in [-0.25, -0.2) is 31.6 Å². The van der Waals surface area contributed by atoms with Crippen molar-refractivity contribution >= 4 is 75.8 Å². The number of hydrogen-bond donors (Lipinski definition) is 2. The monoisotopic (exact) mass is 754 g/mol. The summed E-state index contributed by atoms with van der Waals surface area (Å²) in [5, 5.41) is 20.5. The molecular weight excluding hydrogens is 738 g/mol. The van der Waals surface area contributed by atoms with Gasteiger partial charge in [-0.3, -0.25) is 24.1 Å². The number of benzene rings is 3. The number of hydrogen-bond acceptors (Lipinski definition) is 6.